The van der Waals surface area contributed by atoms with Crippen molar-refractivity contribution in [3.05, 3.63) is 57.8 Å². The Labute approximate surface area is 123 Å². The summed E-state index contributed by atoms with van der Waals surface area (Å²) >= 11 is 1.80. The van der Waals surface area contributed by atoms with Crippen LogP contribution in [0.15, 0.2) is 41.8 Å². The van der Waals surface area contributed by atoms with Gasteiger partial charge in [0, 0.05) is 31.1 Å². The van der Waals surface area contributed by atoms with Crippen molar-refractivity contribution in [3.63, 3.8) is 0 Å². The molecule has 1 fully saturated rings. The summed E-state index contributed by atoms with van der Waals surface area (Å²) in [5.74, 6) is 0. The Morgan fingerprint density at radius 1 is 1.15 bits per heavy atom. The van der Waals surface area contributed by atoms with Crippen LogP contribution in [0.4, 0.5) is 0 Å². The van der Waals surface area contributed by atoms with Gasteiger partial charge in [-0.25, -0.2) is 0 Å². The summed E-state index contributed by atoms with van der Waals surface area (Å²) < 4.78 is 0. The van der Waals surface area contributed by atoms with E-state index in [1.807, 2.05) is 12.1 Å². The van der Waals surface area contributed by atoms with E-state index >= 15 is 0 Å². The minimum Gasteiger partial charge on any atom is -0.314 e. The van der Waals surface area contributed by atoms with Gasteiger partial charge in [-0.05, 0) is 29.1 Å². The minimum atomic E-state index is 0.310. The van der Waals surface area contributed by atoms with Crippen LogP contribution >= 0.6 is 11.3 Å². The molecule has 0 aliphatic carbocycles. The molecule has 1 aliphatic rings. The van der Waals surface area contributed by atoms with Crippen LogP contribution in [-0.2, 0) is 0 Å². The molecule has 3 nitrogen and oxygen atoms in total. The maximum atomic E-state index is 8.93. The van der Waals surface area contributed by atoms with Gasteiger partial charge in [0.2, 0.25) is 0 Å². The Kier molecular flexibility index (Phi) is 4.12. The molecule has 0 amide bonds. The third-order valence-electron chi connectivity index (χ3n) is 3.68. The number of piperazine rings is 1. The van der Waals surface area contributed by atoms with Gasteiger partial charge in [0.05, 0.1) is 17.7 Å². The fraction of sp³-hybridized carbons (Fsp3) is 0.312. The lowest BCUT2D eigenvalue weighted by atomic mass is 10.0. The van der Waals surface area contributed by atoms with E-state index in [2.05, 4.69) is 45.9 Å². The van der Waals surface area contributed by atoms with Crippen molar-refractivity contribution in [2.24, 2.45) is 0 Å². The van der Waals surface area contributed by atoms with Crippen LogP contribution in [0.25, 0.3) is 0 Å². The van der Waals surface area contributed by atoms with Crippen molar-refractivity contribution in [1.29, 1.82) is 5.26 Å². The standard InChI is InChI=1S/C16H17N3S/c17-12-13-3-5-14(6-4-13)16(15-2-1-11-20-15)19-9-7-18-8-10-19/h1-6,11,16,18H,7-10H2/t16-/m1/s1. The molecule has 1 aromatic heterocycles. The van der Waals surface area contributed by atoms with Crippen LogP contribution in [0, 0.1) is 11.3 Å². The zero-order valence-corrected chi connectivity index (χ0v) is 12.1. The van der Waals surface area contributed by atoms with Gasteiger partial charge >= 0.3 is 0 Å². The summed E-state index contributed by atoms with van der Waals surface area (Å²) in [6.07, 6.45) is 0. The molecule has 1 aromatic carbocycles. The second-order valence-electron chi connectivity index (χ2n) is 4.94. The zero-order valence-electron chi connectivity index (χ0n) is 11.2. The molecular formula is C16H17N3S. The number of benzene rings is 1. The Morgan fingerprint density at radius 3 is 2.50 bits per heavy atom. The zero-order chi connectivity index (χ0) is 13.8. The molecular weight excluding hydrogens is 266 g/mol. The minimum absolute atomic E-state index is 0.310. The lowest BCUT2D eigenvalue weighted by Crippen LogP contribution is -2.45. The Morgan fingerprint density at radius 2 is 1.90 bits per heavy atom. The SMILES string of the molecule is N#Cc1ccc([C@H](c2cccs2)N2CCNCC2)cc1. The topological polar surface area (TPSA) is 39.1 Å². The fourth-order valence-electron chi connectivity index (χ4n) is 2.68. The van der Waals surface area contributed by atoms with Crippen LogP contribution in [0.2, 0.25) is 0 Å². The summed E-state index contributed by atoms with van der Waals surface area (Å²) in [5.41, 5.74) is 1.99. The van der Waals surface area contributed by atoms with Gasteiger partial charge in [0.1, 0.15) is 0 Å². The number of hydrogen-bond donors (Lipinski definition) is 1. The monoisotopic (exact) mass is 283 g/mol. The molecule has 3 rings (SSSR count). The number of thiophene rings is 1. The quantitative estimate of drug-likeness (QED) is 0.941. The van der Waals surface area contributed by atoms with Gasteiger partial charge < -0.3 is 5.32 Å². The molecule has 4 heteroatoms. The van der Waals surface area contributed by atoms with E-state index in [-0.39, 0.29) is 0 Å². The smallest absolute Gasteiger partial charge is 0.0991 e. The van der Waals surface area contributed by atoms with Crippen LogP contribution in [0.1, 0.15) is 22.0 Å². The van der Waals surface area contributed by atoms with Crippen molar-refractivity contribution < 1.29 is 0 Å². The van der Waals surface area contributed by atoms with Gasteiger partial charge in [-0.15, -0.1) is 11.3 Å². The van der Waals surface area contributed by atoms with Crippen molar-refractivity contribution in [2.45, 2.75) is 6.04 Å². The number of rotatable bonds is 3. The normalized spacial score (nSPS) is 17.6. The molecule has 2 heterocycles. The largest absolute Gasteiger partial charge is 0.314 e. The summed E-state index contributed by atoms with van der Waals surface area (Å²) in [6, 6.07) is 14.8. The van der Waals surface area contributed by atoms with E-state index in [0.717, 1.165) is 31.7 Å². The van der Waals surface area contributed by atoms with Crippen LogP contribution in [0.5, 0.6) is 0 Å². The number of nitrogens with one attached hydrogen (secondary N) is 1. The first-order chi connectivity index (χ1) is 9.88. The lowest BCUT2D eigenvalue weighted by Gasteiger charge is -2.34. The van der Waals surface area contributed by atoms with E-state index in [1.54, 1.807) is 11.3 Å². The molecule has 20 heavy (non-hydrogen) atoms. The van der Waals surface area contributed by atoms with Crippen molar-refractivity contribution in [1.82, 2.24) is 10.2 Å². The Hall–Kier alpha value is -1.67. The highest BCUT2D eigenvalue weighted by atomic mass is 32.1. The lowest BCUT2D eigenvalue weighted by molar-refractivity contribution is 0.200. The molecule has 1 aliphatic heterocycles. The van der Waals surface area contributed by atoms with Crippen LogP contribution in [-0.4, -0.2) is 31.1 Å². The molecule has 0 bridgehead atoms. The molecule has 0 spiro atoms. The van der Waals surface area contributed by atoms with E-state index in [1.165, 1.54) is 10.4 Å². The first-order valence-electron chi connectivity index (χ1n) is 6.87. The van der Waals surface area contributed by atoms with Gasteiger partial charge in [-0.3, -0.25) is 4.90 Å². The van der Waals surface area contributed by atoms with Crippen molar-refractivity contribution in [2.75, 3.05) is 26.2 Å². The molecule has 2 aromatic rings. The van der Waals surface area contributed by atoms with Gasteiger partial charge in [-0.2, -0.15) is 5.26 Å². The summed E-state index contributed by atoms with van der Waals surface area (Å²) in [6.45, 7) is 4.20. The molecule has 0 unspecified atom stereocenters. The van der Waals surface area contributed by atoms with Crippen molar-refractivity contribution in [3.8, 4) is 6.07 Å². The maximum absolute atomic E-state index is 8.93. The second kappa shape index (κ2) is 6.19. The molecule has 1 saturated heterocycles. The number of nitrogens with zero attached hydrogens (tertiary/aromatic N) is 2. The molecule has 1 atom stereocenters. The molecule has 102 valence electrons. The first-order valence-corrected chi connectivity index (χ1v) is 7.74. The Balaban J connectivity index is 1.94. The van der Waals surface area contributed by atoms with Crippen LogP contribution in [0.3, 0.4) is 0 Å². The summed E-state index contributed by atoms with van der Waals surface area (Å²) in [5, 5.41) is 14.5. The predicted molar refractivity (Wildman–Crippen MR) is 81.8 cm³/mol. The number of nitriles is 1. The van der Waals surface area contributed by atoms with E-state index in [9.17, 15) is 0 Å². The third kappa shape index (κ3) is 2.75. The highest BCUT2D eigenvalue weighted by Crippen LogP contribution is 2.32. The average molecular weight is 283 g/mol. The highest BCUT2D eigenvalue weighted by Gasteiger charge is 2.24. The Bertz CT molecular complexity index is 577. The predicted octanol–water partition coefficient (Wildman–Crippen LogP) is 2.61. The summed E-state index contributed by atoms with van der Waals surface area (Å²) in [7, 11) is 0. The van der Waals surface area contributed by atoms with Gasteiger partial charge in [0.25, 0.3) is 0 Å². The first kappa shape index (κ1) is 13.3. The van der Waals surface area contributed by atoms with Crippen LogP contribution < -0.4 is 5.32 Å². The molecule has 0 radical (unpaired) electrons. The van der Waals surface area contributed by atoms with Crippen molar-refractivity contribution >= 4 is 11.3 Å². The van der Waals surface area contributed by atoms with E-state index in [0.29, 0.717) is 6.04 Å². The molecule has 0 saturated carbocycles. The third-order valence-corrected chi connectivity index (χ3v) is 4.61. The number of hydrogen-bond acceptors (Lipinski definition) is 4. The van der Waals surface area contributed by atoms with E-state index in [4.69, 9.17) is 5.26 Å². The highest BCUT2D eigenvalue weighted by molar-refractivity contribution is 7.10. The average Bonchev–Trinajstić information content (AvgIpc) is 3.03. The summed E-state index contributed by atoms with van der Waals surface area (Å²) in [4.78, 5) is 3.89. The van der Waals surface area contributed by atoms with E-state index < -0.39 is 0 Å². The van der Waals surface area contributed by atoms with Gasteiger partial charge in [0.15, 0.2) is 0 Å². The maximum Gasteiger partial charge on any atom is 0.0991 e. The second-order valence-corrected chi connectivity index (χ2v) is 5.92. The molecule has 1 N–H and O–H groups in total. The fourth-order valence-corrected chi connectivity index (χ4v) is 3.57. The van der Waals surface area contributed by atoms with Gasteiger partial charge in [-0.1, -0.05) is 18.2 Å².